The first kappa shape index (κ1) is 22.7. The number of rotatable bonds is 7. The third kappa shape index (κ3) is 5.21. The van der Waals surface area contributed by atoms with Gasteiger partial charge in [-0.1, -0.05) is 41.9 Å². The molecule has 3 amide bonds. The first-order valence-corrected chi connectivity index (χ1v) is 10.0. The van der Waals surface area contributed by atoms with Crippen LogP contribution < -0.4 is 10.6 Å². The molecule has 2 heterocycles. The molecule has 162 valence electrons. The third-order valence-electron chi connectivity index (χ3n) is 4.81. The number of carbonyl (C=O) groups excluding carboxylic acids is 3. The standard InChI is InChI=1S/C21H19Cl2FN4O3/c1-12(2-7-17(25)29)19-21(31)28(20-16(24)8-15(23)9-26-20)11-18(30)27(19)10-13-3-5-14(22)6-4-13/h3-6,8-9,19H,1-2,7,10-11H2,(H2,25,29)/t19-/m0/s1. The number of anilines is 1. The molecule has 0 aliphatic carbocycles. The summed E-state index contributed by atoms with van der Waals surface area (Å²) >= 11 is 11.7. The predicted octanol–water partition coefficient (Wildman–Crippen LogP) is 3.09. The van der Waals surface area contributed by atoms with Crippen molar-refractivity contribution in [1.29, 1.82) is 0 Å². The number of amides is 3. The highest BCUT2D eigenvalue weighted by Gasteiger charge is 2.42. The quantitative estimate of drug-likeness (QED) is 0.636. The van der Waals surface area contributed by atoms with Crippen LogP contribution in [0.4, 0.5) is 10.2 Å². The summed E-state index contributed by atoms with van der Waals surface area (Å²) in [6.45, 7) is 3.60. The molecular formula is C21H19Cl2FN4O3. The number of primary amides is 1. The second kappa shape index (κ2) is 9.45. The summed E-state index contributed by atoms with van der Waals surface area (Å²) in [5.41, 5.74) is 6.27. The third-order valence-corrected chi connectivity index (χ3v) is 5.27. The van der Waals surface area contributed by atoms with Crippen LogP contribution in [-0.2, 0) is 20.9 Å². The van der Waals surface area contributed by atoms with Gasteiger partial charge in [-0.15, -0.1) is 0 Å². The fourth-order valence-corrected chi connectivity index (χ4v) is 3.57. The van der Waals surface area contributed by atoms with Crippen LogP contribution in [-0.4, -0.2) is 40.2 Å². The van der Waals surface area contributed by atoms with E-state index in [1.165, 1.54) is 11.1 Å². The number of hydrogen-bond donors (Lipinski definition) is 1. The van der Waals surface area contributed by atoms with Gasteiger partial charge in [-0.25, -0.2) is 9.37 Å². The monoisotopic (exact) mass is 464 g/mol. The van der Waals surface area contributed by atoms with Crippen molar-refractivity contribution in [3.8, 4) is 0 Å². The maximum Gasteiger partial charge on any atom is 0.255 e. The molecule has 10 heteroatoms. The number of pyridine rings is 1. The Morgan fingerprint density at radius 1 is 1.19 bits per heavy atom. The molecule has 2 aromatic rings. The van der Waals surface area contributed by atoms with Crippen LogP contribution in [0.3, 0.4) is 0 Å². The zero-order chi connectivity index (χ0) is 22.7. The maximum absolute atomic E-state index is 14.4. The lowest BCUT2D eigenvalue weighted by Gasteiger charge is -2.40. The van der Waals surface area contributed by atoms with Gasteiger partial charge in [-0.05, 0) is 35.8 Å². The Bertz CT molecular complexity index is 1050. The number of halogens is 3. The van der Waals surface area contributed by atoms with E-state index < -0.39 is 36.1 Å². The SMILES string of the molecule is C=C(CCC(N)=O)[C@H]1C(=O)N(c2ncc(Cl)cc2F)CC(=O)N1Cc1ccc(Cl)cc1. The van der Waals surface area contributed by atoms with Crippen LogP contribution in [0, 0.1) is 5.82 Å². The summed E-state index contributed by atoms with van der Waals surface area (Å²) in [4.78, 5) is 43.8. The van der Waals surface area contributed by atoms with Gasteiger partial charge in [0.05, 0.1) is 5.02 Å². The predicted molar refractivity (Wildman–Crippen MR) is 115 cm³/mol. The molecule has 0 saturated carbocycles. The van der Waals surface area contributed by atoms with Crippen LogP contribution in [0.25, 0.3) is 0 Å². The van der Waals surface area contributed by atoms with Gasteiger partial charge < -0.3 is 10.6 Å². The van der Waals surface area contributed by atoms with E-state index >= 15 is 0 Å². The summed E-state index contributed by atoms with van der Waals surface area (Å²) in [6.07, 6.45) is 1.24. The van der Waals surface area contributed by atoms with Crippen molar-refractivity contribution in [3.05, 3.63) is 70.1 Å². The average molecular weight is 465 g/mol. The molecule has 1 atom stereocenters. The number of carbonyl (C=O) groups is 3. The molecule has 0 bridgehead atoms. The molecule has 0 radical (unpaired) electrons. The van der Waals surface area contributed by atoms with E-state index in [4.69, 9.17) is 28.9 Å². The fourth-order valence-electron chi connectivity index (χ4n) is 3.30. The largest absolute Gasteiger partial charge is 0.370 e. The van der Waals surface area contributed by atoms with Gasteiger partial charge in [0.15, 0.2) is 11.6 Å². The molecule has 0 unspecified atom stereocenters. The molecule has 1 saturated heterocycles. The number of nitrogens with two attached hydrogens (primary N) is 1. The summed E-state index contributed by atoms with van der Waals surface area (Å²) in [5, 5.41) is 0.589. The molecule has 31 heavy (non-hydrogen) atoms. The summed E-state index contributed by atoms with van der Waals surface area (Å²) in [7, 11) is 0. The highest BCUT2D eigenvalue weighted by Crippen LogP contribution is 2.29. The highest BCUT2D eigenvalue weighted by atomic mass is 35.5. The number of hydrogen-bond acceptors (Lipinski definition) is 4. The van der Waals surface area contributed by atoms with Gasteiger partial charge in [-0.2, -0.15) is 0 Å². The molecule has 7 nitrogen and oxygen atoms in total. The average Bonchev–Trinajstić information content (AvgIpc) is 2.71. The Balaban J connectivity index is 1.95. The first-order valence-electron chi connectivity index (χ1n) is 9.29. The second-order valence-electron chi connectivity index (χ2n) is 7.06. The Morgan fingerprint density at radius 3 is 2.48 bits per heavy atom. The van der Waals surface area contributed by atoms with Crippen LogP contribution in [0.2, 0.25) is 10.0 Å². The second-order valence-corrected chi connectivity index (χ2v) is 7.93. The van der Waals surface area contributed by atoms with Crippen LogP contribution >= 0.6 is 23.2 Å². The lowest BCUT2D eigenvalue weighted by Crippen LogP contribution is -2.60. The lowest BCUT2D eigenvalue weighted by atomic mass is 9.97. The van der Waals surface area contributed by atoms with Crippen molar-refractivity contribution in [2.75, 3.05) is 11.4 Å². The van der Waals surface area contributed by atoms with E-state index in [1.807, 2.05) is 0 Å². The molecule has 1 aromatic carbocycles. The Morgan fingerprint density at radius 2 is 1.87 bits per heavy atom. The van der Waals surface area contributed by atoms with Crippen molar-refractivity contribution in [3.63, 3.8) is 0 Å². The van der Waals surface area contributed by atoms with Crippen LogP contribution in [0.5, 0.6) is 0 Å². The Labute approximate surface area is 188 Å². The molecule has 0 spiro atoms. The Hall–Kier alpha value is -2.97. The molecule has 1 aliphatic heterocycles. The zero-order valence-electron chi connectivity index (χ0n) is 16.4. The molecule has 1 aromatic heterocycles. The van der Waals surface area contributed by atoms with Crippen molar-refractivity contribution in [2.24, 2.45) is 5.73 Å². The van der Waals surface area contributed by atoms with Gasteiger partial charge in [0.1, 0.15) is 12.6 Å². The van der Waals surface area contributed by atoms with E-state index in [2.05, 4.69) is 11.6 Å². The van der Waals surface area contributed by atoms with Crippen molar-refractivity contribution >= 4 is 46.7 Å². The molecule has 1 aliphatic rings. The minimum atomic E-state index is -1.12. The smallest absolute Gasteiger partial charge is 0.255 e. The van der Waals surface area contributed by atoms with Crippen molar-refractivity contribution in [2.45, 2.75) is 25.4 Å². The fraction of sp³-hybridized carbons (Fsp3) is 0.238. The maximum atomic E-state index is 14.4. The minimum Gasteiger partial charge on any atom is -0.370 e. The normalized spacial score (nSPS) is 16.5. The van der Waals surface area contributed by atoms with E-state index in [1.54, 1.807) is 24.3 Å². The number of nitrogens with zero attached hydrogens (tertiary/aromatic N) is 3. The van der Waals surface area contributed by atoms with Crippen molar-refractivity contribution < 1.29 is 18.8 Å². The molecule has 3 rings (SSSR count). The summed E-state index contributed by atoms with van der Waals surface area (Å²) in [5.74, 6) is -2.72. The molecule has 2 N–H and O–H groups in total. The lowest BCUT2D eigenvalue weighted by molar-refractivity contribution is -0.142. The summed E-state index contributed by atoms with van der Waals surface area (Å²) < 4.78 is 14.4. The topological polar surface area (TPSA) is 96.6 Å². The van der Waals surface area contributed by atoms with E-state index in [0.717, 1.165) is 16.5 Å². The number of benzene rings is 1. The van der Waals surface area contributed by atoms with E-state index in [-0.39, 0.29) is 30.2 Å². The van der Waals surface area contributed by atoms with Gasteiger partial charge in [0.25, 0.3) is 5.91 Å². The van der Waals surface area contributed by atoms with Gasteiger partial charge in [0, 0.05) is 24.2 Å². The zero-order valence-corrected chi connectivity index (χ0v) is 17.9. The summed E-state index contributed by atoms with van der Waals surface area (Å²) in [6, 6.07) is 6.70. The minimum absolute atomic E-state index is 0.0425. The number of aromatic nitrogens is 1. The molecular weight excluding hydrogens is 446 g/mol. The molecule has 1 fully saturated rings. The highest BCUT2D eigenvalue weighted by molar-refractivity contribution is 6.30. The van der Waals surface area contributed by atoms with E-state index in [0.29, 0.717) is 10.6 Å². The Kier molecular flexibility index (Phi) is 6.92. The van der Waals surface area contributed by atoms with Crippen molar-refractivity contribution in [1.82, 2.24) is 9.88 Å². The number of piperazine rings is 1. The van der Waals surface area contributed by atoms with Crippen LogP contribution in [0.1, 0.15) is 18.4 Å². The van der Waals surface area contributed by atoms with Gasteiger partial charge >= 0.3 is 0 Å². The first-order chi connectivity index (χ1) is 14.7. The van der Waals surface area contributed by atoms with E-state index in [9.17, 15) is 18.8 Å². The van der Waals surface area contributed by atoms with Crippen LogP contribution in [0.15, 0.2) is 48.7 Å². The van der Waals surface area contributed by atoms with Gasteiger partial charge in [-0.3, -0.25) is 19.3 Å². The van der Waals surface area contributed by atoms with Gasteiger partial charge in [0.2, 0.25) is 11.8 Å².